The van der Waals surface area contributed by atoms with Crippen LogP contribution >= 0.6 is 15.9 Å². The molecule has 1 saturated heterocycles. The summed E-state index contributed by atoms with van der Waals surface area (Å²) in [5.41, 5.74) is 0.409. The Labute approximate surface area is 297 Å². The van der Waals surface area contributed by atoms with E-state index in [1.807, 2.05) is 0 Å². The van der Waals surface area contributed by atoms with Crippen LogP contribution in [0.1, 0.15) is 58.5 Å². The van der Waals surface area contributed by atoms with E-state index < -0.39 is 23.3 Å². The standard InChI is InChI=1S/C35H41BrN4O10/c1-35(34(44)48-5)32(42)27-26-20(17-36)18-40(33(43)21-14-19-15-24(45-2)30(46-3)31(47-4)28(19)37-21)22(26)16-23(29(27)38-35)50-25(41)8-6-7-9-39-10-12-49-13-11-39/h14-16,20,37-38H,6-13,17-18H2,1-5H3/t20-,35-/m1/s1. The van der Waals surface area contributed by atoms with Gasteiger partial charge in [-0.3, -0.25) is 19.3 Å². The molecular weight excluding hydrogens is 716 g/mol. The second-order valence-electron chi connectivity index (χ2n) is 12.6. The fourth-order valence-corrected chi connectivity index (χ4v) is 7.51. The number of methoxy groups -OCH3 is 4. The average molecular weight is 758 g/mol. The number of carbonyl (C=O) groups excluding carboxylic acids is 4. The minimum Gasteiger partial charge on any atom is -0.493 e. The Morgan fingerprint density at radius 3 is 2.40 bits per heavy atom. The summed E-state index contributed by atoms with van der Waals surface area (Å²) in [4.78, 5) is 61.7. The van der Waals surface area contributed by atoms with Gasteiger partial charge in [0.25, 0.3) is 5.91 Å². The molecule has 3 aliphatic heterocycles. The highest BCUT2D eigenvalue weighted by Crippen LogP contribution is 2.52. The fourth-order valence-electron chi connectivity index (χ4n) is 6.98. The van der Waals surface area contributed by atoms with Gasteiger partial charge in [0.15, 0.2) is 22.8 Å². The summed E-state index contributed by atoms with van der Waals surface area (Å²) < 4.78 is 33.0. The summed E-state index contributed by atoms with van der Waals surface area (Å²) in [5, 5.41) is 4.08. The van der Waals surface area contributed by atoms with Crippen molar-refractivity contribution in [3.63, 3.8) is 0 Å². The number of fused-ring (bicyclic) bond motifs is 4. The Kier molecular flexibility index (Phi) is 10.3. The first kappa shape index (κ1) is 35.5. The maximum atomic E-state index is 14.3. The zero-order valence-corrected chi connectivity index (χ0v) is 30.3. The van der Waals surface area contributed by atoms with Crippen LogP contribution in [0.5, 0.6) is 23.0 Å². The van der Waals surface area contributed by atoms with E-state index in [2.05, 4.69) is 31.1 Å². The van der Waals surface area contributed by atoms with Crippen molar-refractivity contribution in [2.45, 2.75) is 37.6 Å². The molecule has 0 aliphatic carbocycles. The third kappa shape index (κ3) is 6.15. The van der Waals surface area contributed by atoms with Crippen molar-refractivity contribution in [1.82, 2.24) is 9.88 Å². The number of hydrogen-bond acceptors (Lipinski definition) is 12. The maximum absolute atomic E-state index is 14.3. The lowest BCUT2D eigenvalue weighted by atomic mass is 9.89. The van der Waals surface area contributed by atoms with E-state index in [1.54, 1.807) is 23.1 Å². The van der Waals surface area contributed by atoms with E-state index in [0.29, 0.717) is 64.4 Å². The predicted molar refractivity (Wildman–Crippen MR) is 188 cm³/mol. The Morgan fingerprint density at radius 1 is 1.00 bits per heavy atom. The van der Waals surface area contributed by atoms with Gasteiger partial charge < -0.3 is 43.6 Å². The molecule has 268 valence electrons. The number of morpholine rings is 1. The van der Waals surface area contributed by atoms with Crippen molar-refractivity contribution in [3.05, 3.63) is 35.0 Å². The molecule has 0 saturated carbocycles. The number of unbranched alkanes of at least 4 members (excludes halogenated alkanes) is 1. The molecule has 0 radical (unpaired) electrons. The number of benzene rings is 2. The number of ether oxygens (including phenoxy) is 6. The number of aromatic amines is 1. The van der Waals surface area contributed by atoms with Gasteiger partial charge in [-0.2, -0.15) is 0 Å². The molecule has 50 heavy (non-hydrogen) atoms. The van der Waals surface area contributed by atoms with Crippen LogP contribution in [0.25, 0.3) is 10.9 Å². The van der Waals surface area contributed by atoms with Gasteiger partial charge in [0.1, 0.15) is 5.69 Å². The topological polar surface area (TPSA) is 158 Å². The summed E-state index contributed by atoms with van der Waals surface area (Å²) in [5.74, 6) is -1.29. The first-order valence-electron chi connectivity index (χ1n) is 16.4. The van der Waals surface area contributed by atoms with E-state index in [9.17, 15) is 19.2 Å². The summed E-state index contributed by atoms with van der Waals surface area (Å²) in [6, 6.07) is 5.03. The summed E-state index contributed by atoms with van der Waals surface area (Å²) in [6.07, 6.45) is 1.55. The monoisotopic (exact) mass is 756 g/mol. The van der Waals surface area contributed by atoms with Crippen LogP contribution in [0.4, 0.5) is 11.4 Å². The molecule has 6 rings (SSSR count). The normalized spacial score (nSPS) is 19.9. The molecule has 0 spiro atoms. The van der Waals surface area contributed by atoms with E-state index >= 15 is 0 Å². The van der Waals surface area contributed by atoms with E-state index in [1.165, 1.54) is 35.4 Å². The van der Waals surface area contributed by atoms with Crippen LogP contribution in [0.15, 0.2) is 18.2 Å². The number of nitrogens with one attached hydrogen (secondary N) is 2. The number of aromatic nitrogens is 1. The van der Waals surface area contributed by atoms with Crippen molar-refractivity contribution in [2.24, 2.45) is 0 Å². The molecule has 15 heteroatoms. The summed E-state index contributed by atoms with van der Waals surface area (Å²) in [7, 11) is 5.71. The maximum Gasteiger partial charge on any atom is 0.339 e. The molecular formula is C35H41BrN4O10. The molecule has 2 N–H and O–H groups in total. The van der Waals surface area contributed by atoms with Gasteiger partial charge in [-0.15, -0.1) is 0 Å². The van der Waals surface area contributed by atoms with Crippen molar-refractivity contribution in [1.29, 1.82) is 0 Å². The predicted octanol–water partition coefficient (Wildman–Crippen LogP) is 4.28. The smallest absolute Gasteiger partial charge is 0.339 e. The minimum absolute atomic E-state index is 0.0544. The zero-order chi connectivity index (χ0) is 35.7. The van der Waals surface area contributed by atoms with Crippen LogP contribution in [0, 0.1) is 0 Å². The van der Waals surface area contributed by atoms with E-state index in [4.69, 9.17) is 28.4 Å². The summed E-state index contributed by atoms with van der Waals surface area (Å²) in [6.45, 7) is 5.64. The quantitative estimate of drug-likeness (QED) is 0.0890. The third-order valence-electron chi connectivity index (χ3n) is 9.58. The zero-order valence-electron chi connectivity index (χ0n) is 28.7. The van der Waals surface area contributed by atoms with Crippen molar-refractivity contribution < 1.29 is 47.6 Å². The van der Waals surface area contributed by atoms with Crippen LogP contribution in [0.2, 0.25) is 0 Å². The fraction of sp³-hybridized carbons (Fsp3) is 0.486. The molecule has 2 aromatic carbocycles. The van der Waals surface area contributed by atoms with Crippen molar-refractivity contribution in [2.75, 3.05) is 83.4 Å². The lowest BCUT2D eigenvalue weighted by Gasteiger charge is -2.26. The van der Waals surface area contributed by atoms with Gasteiger partial charge in [-0.05, 0) is 44.0 Å². The Hall–Kier alpha value is -4.34. The Bertz CT molecular complexity index is 1840. The minimum atomic E-state index is -1.76. The third-order valence-corrected chi connectivity index (χ3v) is 10.4. The number of hydrogen-bond donors (Lipinski definition) is 2. The number of halogens is 1. The van der Waals surface area contributed by atoms with Crippen LogP contribution in [0.3, 0.4) is 0 Å². The first-order valence-corrected chi connectivity index (χ1v) is 17.5. The van der Waals surface area contributed by atoms with Gasteiger partial charge >= 0.3 is 11.9 Å². The lowest BCUT2D eigenvalue weighted by molar-refractivity contribution is -0.143. The molecule has 1 amide bonds. The largest absolute Gasteiger partial charge is 0.493 e. The number of carbonyl (C=O) groups is 4. The number of alkyl halides is 1. The highest BCUT2D eigenvalue weighted by atomic mass is 79.9. The number of Topliss-reactive ketones (excluding diaryl/α,β-unsaturated/α-hetero) is 1. The molecule has 3 aliphatic rings. The van der Waals surface area contributed by atoms with E-state index in [-0.39, 0.29) is 47.5 Å². The summed E-state index contributed by atoms with van der Waals surface area (Å²) >= 11 is 3.57. The SMILES string of the molecule is COC(=O)[C@]1(C)Nc2c(OC(=O)CCCCN3CCOCC3)cc3c(c2C1=O)[C@H](CBr)CN3C(=O)c1cc2cc(OC)c(OC)c(OC)c2[nH]1. The molecule has 0 unspecified atom stereocenters. The molecule has 14 nitrogen and oxygen atoms in total. The Balaban J connectivity index is 1.36. The van der Waals surface area contributed by atoms with Gasteiger partial charge in [0.2, 0.25) is 11.5 Å². The Morgan fingerprint density at radius 2 is 1.74 bits per heavy atom. The second-order valence-corrected chi connectivity index (χ2v) is 13.2. The molecule has 4 heterocycles. The number of nitrogens with zero attached hydrogens (tertiary/aromatic N) is 2. The molecule has 0 bridgehead atoms. The van der Waals surface area contributed by atoms with E-state index in [0.717, 1.165) is 26.1 Å². The van der Waals surface area contributed by atoms with Gasteiger partial charge in [0, 0.05) is 48.8 Å². The van der Waals surface area contributed by atoms with Crippen LogP contribution in [-0.2, 0) is 19.1 Å². The number of esters is 2. The molecule has 1 fully saturated rings. The first-order chi connectivity index (χ1) is 24.1. The average Bonchev–Trinajstić information content (AvgIpc) is 3.81. The molecule has 1 aromatic heterocycles. The van der Waals surface area contributed by atoms with Crippen molar-refractivity contribution in [3.8, 4) is 23.0 Å². The highest BCUT2D eigenvalue weighted by molar-refractivity contribution is 9.09. The van der Waals surface area contributed by atoms with Crippen LogP contribution in [-0.4, -0.2) is 112 Å². The van der Waals surface area contributed by atoms with Gasteiger partial charge in [-0.25, -0.2) is 4.79 Å². The number of anilines is 2. The number of rotatable bonds is 12. The second kappa shape index (κ2) is 14.5. The van der Waals surface area contributed by atoms with Crippen molar-refractivity contribution >= 4 is 61.8 Å². The van der Waals surface area contributed by atoms with Gasteiger partial charge in [0.05, 0.1) is 64.1 Å². The highest BCUT2D eigenvalue weighted by Gasteiger charge is 2.53. The molecule has 3 aromatic rings. The number of ketones is 1. The van der Waals surface area contributed by atoms with Gasteiger partial charge in [-0.1, -0.05) is 15.9 Å². The lowest BCUT2D eigenvalue weighted by Crippen LogP contribution is -2.47. The molecule has 2 atom stereocenters. The number of H-pyrrole nitrogens is 1. The number of amides is 1. The van der Waals surface area contributed by atoms with Crippen LogP contribution < -0.4 is 29.2 Å².